The number of pyridine rings is 1. The van der Waals surface area contributed by atoms with E-state index in [1.54, 1.807) is 26.5 Å². The Kier molecular flexibility index (Phi) is 6.74. The van der Waals surface area contributed by atoms with Crippen molar-refractivity contribution in [3.63, 3.8) is 0 Å². The van der Waals surface area contributed by atoms with Gasteiger partial charge in [-0.15, -0.1) is 0 Å². The monoisotopic (exact) mass is 426 g/mol. The Morgan fingerprint density at radius 3 is 2.47 bits per heavy atom. The summed E-state index contributed by atoms with van der Waals surface area (Å²) in [7, 11) is 3.49. The lowest BCUT2D eigenvalue weighted by Crippen LogP contribution is -2.59. The summed E-state index contributed by atoms with van der Waals surface area (Å²) >= 11 is 6.57. The number of anilines is 1. The first-order valence-electron chi connectivity index (χ1n) is 9.78. The first kappa shape index (κ1) is 21.8. The van der Waals surface area contributed by atoms with Crippen molar-refractivity contribution < 1.29 is 4.79 Å². The van der Waals surface area contributed by atoms with Crippen molar-refractivity contribution in [2.24, 2.45) is 16.5 Å². The predicted octanol–water partition coefficient (Wildman–Crippen LogP) is 2.45. The number of halogens is 1. The number of nitrogens with zero attached hydrogens (tertiary/aromatic N) is 3. The Hall–Kier alpha value is -2.90. The van der Waals surface area contributed by atoms with Crippen molar-refractivity contribution in [2.75, 3.05) is 32.1 Å². The van der Waals surface area contributed by atoms with Gasteiger partial charge in [0.2, 0.25) is 5.91 Å². The number of primary amides is 1. The summed E-state index contributed by atoms with van der Waals surface area (Å²) < 4.78 is 0. The molecule has 0 unspecified atom stereocenters. The van der Waals surface area contributed by atoms with Crippen LogP contribution in [0.3, 0.4) is 0 Å². The molecule has 1 amide bonds. The first-order chi connectivity index (χ1) is 14.5. The van der Waals surface area contributed by atoms with Gasteiger partial charge in [-0.2, -0.15) is 0 Å². The SMILES string of the molecule is CN=CC(=CN)c1ccc(-c2cncc(Cl)c2N2CCC(NC)(C(N)=O)CC2)cc1. The number of rotatable bonds is 6. The molecule has 3 rings (SSSR count). The number of carbonyl (C=O) groups is 1. The van der Waals surface area contributed by atoms with Crippen LogP contribution in [0.5, 0.6) is 0 Å². The second-order valence-corrected chi connectivity index (χ2v) is 7.69. The average Bonchev–Trinajstić information content (AvgIpc) is 2.77. The molecule has 0 atom stereocenters. The molecule has 1 aromatic carbocycles. The van der Waals surface area contributed by atoms with Crippen molar-refractivity contribution in [1.29, 1.82) is 0 Å². The molecule has 1 aromatic heterocycles. The molecule has 0 saturated carbocycles. The highest BCUT2D eigenvalue weighted by Crippen LogP contribution is 2.38. The van der Waals surface area contributed by atoms with E-state index in [0.717, 1.165) is 28.0 Å². The maximum atomic E-state index is 11.9. The molecule has 0 spiro atoms. The fraction of sp³-hybridized carbons (Fsp3) is 0.318. The summed E-state index contributed by atoms with van der Waals surface area (Å²) in [6, 6.07) is 8.03. The van der Waals surface area contributed by atoms with Gasteiger partial charge in [0.15, 0.2) is 0 Å². The average molecular weight is 427 g/mol. The summed E-state index contributed by atoms with van der Waals surface area (Å²) in [5, 5.41) is 3.69. The molecule has 30 heavy (non-hydrogen) atoms. The van der Waals surface area contributed by atoms with Gasteiger partial charge in [0.1, 0.15) is 5.54 Å². The van der Waals surface area contributed by atoms with E-state index in [4.69, 9.17) is 23.1 Å². The molecule has 0 aliphatic carbocycles. The minimum atomic E-state index is -0.677. The third-order valence-electron chi connectivity index (χ3n) is 5.73. The molecule has 5 N–H and O–H groups in total. The van der Waals surface area contributed by atoms with Crippen molar-refractivity contribution >= 4 is 35.0 Å². The van der Waals surface area contributed by atoms with Gasteiger partial charge in [0.05, 0.1) is 10.7 Å². The van der Waals surface area contributed by atoms with Gasteiger partial charge in [-0.3, -0.25) is 14.8 Å². The molecule has 8 heteroatoms. The highest BCUT2D eigenvalue weighted by atomic mass is 35.5. The van der Waals surface area contributed by atoms with Crippen LogP contribution in [-0.2, 0) is 4.79 Å². The van der Waals surface area contributed by atoms with E-state index in [1.165, 1.54) is 6.20 Å². The number of amides is 1. The van der Waals surface area contributed by atoms with E-state index < -0.39 is 5.54 Å². The Balaban J connectivity index is 1.92. The van der Waals surface area contributed by atoms with E-state index >= 15 is 0 Å². The predicted molar refractivity (Wildman–Crippen MR) is 124 cm³/mol. The molecular formula is C22H27ClN6O. The minimum Gasteiger partial charge on any atom is -0.404 e. The number of likely N-dealkylation sites (N-methyl/N-ethyl adjacent to an activating group) is 1. The van der Waals surface area contributed by atoms with Crippen LogP contribution < -0.4 is 21.7 Å². The summed E-state index contributed by atoms with van der Waals surface area (Å²) in [5.74, 6) is -0.319. The zero-order valence-corrected chi connectivity index (χ0v) is 18.0. The van der Waals surface area contributed by atoms with Crippen molar-refractivity contribution in [3.8, 4) is 11.1 Å². The largest absolute Gasteiger partial charge is 0.404 e. The third kappa shape index (κ3) is 4.17. The van der Waals surface area contributed by atoms with E-state index in [0.29, 0.717) is 31.0 Å². The van der Waals surface area contributed by atoms with E-state index in [9.17, 15) is 4.79 Å². The fourth-order valence-corrected chi connectivity index (χ4v) is 4.17. The topological polar surface area (TPSA) is 110 Å². The van der Waals surface area contributed by atoms with Crippen LogP contribution >= 0.6 is 11.6 Å². The van der Waals surface area contributed by atoms with E-state index in [2.05, 4.69) is 20.2 Å². The lowest BCUT2D eigenvalue weighted by atomic mass is 9.86. The van der Waals surface area contributed by atoms with Crippen LogP contribution in [0, 0.1) is 0 Å². The molecule has 0 bridgehead atoms. The Bertz CT molecular complexity index is 962. The second kappa shape index (κ2) is 9.28. The van der Waals surface area contributed by atoms with Gasteiger partial charge in [-0.25, -0.2) is 0 Å². The molecule has 2 aromatic rings. The number of piperidine rings is 1. The van der Waals surface area contributed by atoms with E-state index in [1.807, 2.05) is 30.5 Å². The van der Waals surface area contributed by atoms with Gasteiger partial charge in [0.25, 0.3) is 0 Å². The zero-order chi connectivity index (χ0) is 21.7. The van der Waals surface area contributed by atoms with Gasteiger partial charge >= 0.3 is 0 Å². The Morgan fingerprint density at radius 1 is 1.27 bits per heavy atom. The number of allylic oxidation sites excluding steroid dienone is 1. The standard InChI is InChI=1S/C22H27ClN6O/c1-26-12-17(11-24)15-3-5-16(6-4-15)18-13-28-14-19(23)20(18)29-9-7-22(27-2,8-10-29)21(25)30/h3-6,11-14,27H,7-10,24H2,1-2H3,(H2,25,30). The number of aliphatic imine (C=N–C) groups is 1. The number of carbonyl (C=O) groups excluding carboxylic acids is 1. The molecule has 1 aliphatic heterocycles. The van der Waals surface area contributed by atoms with Gasteiger partial charge in [-0.1, -0.05) is 35.9 Å². The maximum Gasteiger partial charge on any atom is 0.237 e. The summed E-state index contributed by atoms with van der Waals surface area (Å²) in [6.07, 6.45) is 7.94. The van der Waals surface area contributed by atoms with Crippen LogP contribution in [0.4, 0.5) is 5.69 Å². The van der Waals surface area contributed by atoms with Crippen LogP contribution in [0.25, 0.3) is 16.7 Å². The van der Waals surface area contributed by atoms with Gasteiger partial charge < -0.3 is 21.7 Å². The zero-order valence-electron chi connectivity index (χ0n) is 17.2. The van der Waals surface area contributed by atoms with Gasteiger partial charge in [-0.05, 0) is 31.0 Å². The lowest BCUT2D eigenvalue weighted by Gasteiger charge is -2.41. The number of nitrogens with one attached hydrogen (secondary N) is 1. The van der Waals surface area contributed by atoms with Crippen molar-refractivity contribution in [2.45, 2.75) is 18.4 Å². The second-order valence-electron chi connectivity index (χ2n) is 7.29. The highest BCUT2D eigenvalue weighted by molar-refractivity contribution is 6.33. The number of aromatic nitrogens is 1. The quantitative estimate of drug-likeness (QED) is 0.614. The lowest BCUT2D eigenvalue weighted by molar-refractivity contribution is -0.125. The van der Waals surface area contributed by atoms with Crippen LogP contribution in [0.2, 0.25) is 5.02 Å². The van der Waals surface area contributed by atoms with Crippen molar-refractivity contribution in [3.05, 3.63) is 53.4 Å². The molecule has 2 heterocycles. The maximum absolute atomic E-state index is 11.9. The molecule has 1 aliphatic rings. The van der Waals surface area contributed by atoms with Crippen molar-refractivity contribution in [1.82, 2.24) is 10.3 Å². The normalized spacial score (nSPS) is 16.8. The number of nitrogens with two attached hydrogens (primary N) is 2. The molecule has 7 nitrogen and oxygen atoms in total. The number of hydrogen-bond donors (Lipinski definition) is 3. The molecule has 1 saturated heterocycles. The van der Waals surface area contributed by atoms with Crippen LogP contribution in [0.1, 0.15) is 18.4 Å². The van der Waals surface area contributed by atoms with Crippen LogP contribution in [-0.4, -0.2) is 49.8 Å². The van der Waals surface area contributed by atoms with Crippen LogP contribution in [0.15, 0.2) is 47.9 Å². The Labute approximate surface area is 181 Å². The first-order valence-corrected chi connectivity index (χ1v) is 10.2. The minimum absolute atomic E-state index is 0.319. The number of benzene rings is 1. The fourth-order valence-electron chi connectivity index (χ4n) is 3.89. The summed E-state index contributed by atoms with van der Waals surface area (Å²) in [5.41, 5.74) is 15.3. The smallest absolute Gasteiger partial charge is 0.237 e. The molecular weight excluding hydrogens is 400 g/mol. The molecule has 158 valence electrons. The summed E-state index contributed by atoms with van der Waals surface area (Å²) in [6.45, 7) is 1.32. The molecule has 1 fully saturated rings. The van der Waals surface area contributed by atoms with Gasteiger partial charge in [0, 0.05) is 56.1 Å². The summed E-state index contributed by atoms with van der Waals surface area (Å²) in [4.78, 5) is 22.5. The molecule has 0 radical (unpaired) electrons. The Morgan fingerprint density at radius 2 is 1.93 bits per heavy atom. The van der Waals surface area contributed by atoms with E-state index in [-0.39, 0.29) is 5.91 Å². The third-order valence-corrected chi connectivity index (χ3v) is 6.01. The number of hydrogen-bond acceptors (Lipinski definition) is 6. The highest BCUT2D eigenvalue weighted by Gasteiger charge is 2.39.